The fraction of sp³-hybridized carbons (Fsp3) is 0.375. The molecule has 0 radical (unpaired) electrons. The van der Waals surface area contributed by atoms with Gasteiger partial charge in [-0.2, -0.15) is 0 Å². The highest BCUT2D eigenvalue weighted by Crippen LogP contribution is 2.08. The fourth-order valence-corrected chi connectivity index (χ4v) is 1.48. The second-order valence-corrected chi connectivity index (χ2v) is 4.82. The van der Waals surface area contributed by atoms with Gasteiger partial charge in [-0.05, 0) is 6.92 Å². The van der Waals surface area contributed by atoms with E-state index in [4.69, 9.17) is 0 Å². The molecule has 0 aliphatic rings. The molecule has 0 atom stereocenters. The lowest BCUT2D eigenvalue weighted by Crippen LogP contribution is -2.11. The van der Waals surface area contributed by atoms with E-state index >= 15 is 0 Å². The van der Waals surface area contributed by atoms with E-state index in [2.05, 4.69) is 14.7 Å². The van der Waals surface area contributed by atoms with E-state index in [0.29, 0.717) is 0 Å². The highest BCUT2D eigenvalue weighted by Gasteiger charge is 2.16. The van der Waals surface area contributed by atoms with Crippen LogP contribution < -0.4 is 0 Å². The summed E-state index contributed by atoms with van der Waals surface area (Å²) in [4.78, 5) is 18.4. The van der Waals surface area contributed by atoms with Crippen LogP contribution in [-0.2, 0) is 14.6 Å². The van der Waals surface area contributed by atoms with Crippen LogP contribution in [0.4, 0.5) is 0 Å². The predicted molar refractivity (Wildman–Crippen MR) is 51.2 cm³/mol. The molecule has 82 valence electrons. The summed E-state index contributed by atoms with van der Waals surface area (Å²) in [5, 5.41) is -0.298. The number of aryl methyl sites for hydroxylation is 1. The number of hydrogen-bond donors (Lipinski definition) is 0. The number of sulfone groups is 1. The van der Waals surface area contributed by atoms with Gasteiger partial charge in [0.05, 0.1) is 18.4 Å². The van der Waals surface area contributed by atoms with Crippen molar-refractivity contribution in [3.63, 3.8) is 0 Å². The molecule has 0 fully saturated rings. The molecule has 7 heteroatoms. The zero-order chi connectivity index (χ0) is 11.6. The van der Waals surface area contributed by atoms with Gasteiger partial charge in [-0.1, -0.05) is 0 Å². The molecule has 6 nitrogen and oxygen atoms in total. The van der Waals surface area contributed by atoms with Crippen molar-refractivity contribution in [2.24, 2.45) is 0 Å². The highest BCUT2D eigenvalue weighted by atomic mass is 32.2. The van der Waals surface area contributed by atoms with E-state index in [0.717, 1.165) is 12.5 Å². The van der Waals surface area contributed by atoms with Crippen LogP contribution in [0.5, 0.6) is 0 Å². The summed E-state index contributed by atoms with van der Waals surface area (Å²) in [5.74, 6) is -0.590. The summed E-state index contributed by atoms with van der Waals surface area (Å²) in [5.41, 5.74) is 0.433. The van der Waals surface area contributed by atoms with E-state index in [-0.39, 0.29) is 16.4 Å². The maximum Gasteiger partial charge on any atom is 0.341 e. The Labute approximate surface area is 87.2 Å². The van der Waals surface area contributed by atoms with E-state index in [1.807, 2.05) is 0 Å². The van der Waals surface area contributed by atoms with Gasteiger partial charge in [-0.3, -0.25) is 0 Å². The SMILES string of the molecule is COC(=O)c1cnc(S(C)(=O)=O)nc1C. The molecule has 0 saturated carbocycles. The second kappa shape index (κ2) is 3.93. The minimum atomic E-state index is -3.45. The number of ether oxygens (including phenoxy) is 1. The molecular formula is C8H10N2O4S. The molecular weight excluding hydrogens is 220 g/mol. The fourth-order valence-electron chi connectivity index (χ4n) is 0.935. The van der Waals surface area contributed by atoms with Crippen molar-refractivity contribution >= 4 is 15.8 Å². The Morgan fingerprint density at radius 1 is 1.47 bits per heavy atom. The summed E-state index contributed by atoms with van der Waals surface area (Å²) >= 11 is 0. The van der Waals surface area contributed by atoms with Crippen molar-refractivity contribution in [3.8, 4) is 0 Å². The first-order valence-corrected chi connectivity index (χ1v) is 5.87. The van der Waals surface area contributed by atoms with Crippen molar-refractivity contribution in [1.29, 1.82) is 0 Å². The summed E-state index contributed by atoms with van der Waals surface area (Å²) in [7, 11) is -2.22. The van der Waals surface area contributed by atoms with Gasteiger partial charge >= 0.3 is 5.97 Å². The quantitative estimate of drug-likeness (QED) is 0.524. The maximum atomic E-state index is 11.1. The van der Waals surface area contributed by atoms with E-state index in [1.165, 1.54) is 14.0 Å². The van der Waals surface area contributed by atoms with Crippen molar-refractivity contribution in [2.75, 3.05) is 13.4 Å². The Hall–Kier alpha value is -1.50. The first-order valence-electron chi connectivity index (χ1n) is 3.98. The molecule has 0 aromatic carbocycles. The van der Waals surface area contributed by atoms with E-state index in [1.54, 1.807) is 0 Å². The third kappa shape index (κ3) is 2.50. The van der Waals surface area contributed by atoms with Gasteiger partial charge in [0.1, 0.15) is 0 Å². The topological polar surface area (TPSA) is 86.2 Å². The van der Waals surface area contributed by atoms with Gasteiger partial charge in [0, 0.05) is 12.5 Å². The molecule has 0 amide bonds. The highest BCUT2D eigenvalue weighted by molar-refractivity contribution is 7.90. The van der Waals surface area contributed by atoms with E-state index < -0.39 is 15.8 Å². The third-order valence-electron chi connectivity index (χ3n) is 1.69. The van der Waals surface area contributed by atoms with Crippen LogP contribution in [-0.4, -0.2) is 37.7 Å². The Kier molecular flexibility index (Phi) is 3.04. The van der Waals surface area contributed by atoms with Gasteiger partial charge in [0.2, 0.25) is 15.0 Å². The molecule has 0 spiro atoms. The number of rotatable bonds is 2. The predicted octanol–water partition coefficient (Wildman–Crippen LogP) is -0.0249. The lowest BCUT2D eigenvalue weighted by atomic mass is 10.2. The zero-order valence-electron chi connectivity index (χ0n) is 8.51. The Bertz CT molecular complexity index is 495. The van der Waals surface area contributed by atoms with E-state index in [9.17, 15) is 13.2 Å². The van der Waals surface area contributed by atoms with Gasteiger partial charge in [-0.25, -0.2) is 23.2 Å². The zero-order valence-corrected chi connectivity index (χ0v) is 9.33. The van der Waals surface area contributed by atoms with Gasteiger partial charge in [0.25, 0.3) is 0 Å². The molecule has 1 aromatic heterocycles. The van der Waals surface area contributed by atoms with Crippen molar-refractivity contribution in [3.05, 3.63) is 17.5 Å². The second-order valence-electron chi connectivity index (χ2n) is 2.92. The largest absolute Gasteiger partial charge is 0.465 e. The lowest BCUT2D eigenvalue weighted by Gasteiger charge is -2.03. The molecule has 0 N–H and O–H groups in total. The number of carbonyl (C=O) groups is 1. The average molecular weight is 230 g/mol. The van der Waals surface area contributed by atoms with Crippen molar-refractivity contribution < 1.29 is 17.9 Å². The molecule has 1 rings (SSSR count). The van der Waals surface area contributed by atoms with Gasteiger partial charge in [0.15, 0.2) is 0 Å². The maximum absolute atomic E-state index is 11.1. The average Bonchev–Trinajstić information content (AvgIpc) is 2.15. The van der Waals surface area contributed by atoms with Crippen LogP contribution in [0.3, 0.4) is 0 Å². The minimum absolute atomic E-state index is 0.157. The van der Waals surface area contributed by atoms with Crippen LogP contribution >= 0.6 is 0 Å². The first-order chi connectivity index (χ1) is 6.86. The lowest BCUT2D eigenvalue weighted by molar-refractivity contribution is 0.0598. The summed E-state index contributed by atoms with van der Waals surface area (Å²) in [6.45, 7) is 1.52. The number of esters is 1. The Morgan fingerprint density at radius 2 is 2.07 bits per heavy atom. The summed E-state index contributed by atoms with van der Waals surface area (Å²) in [6, 6.07) is 0. The number of nitrogens with zero attached hydrogens (tertiary/aromatic N) is 2. The Morgan fingerprint density at radius 3 is 2.47 bits per heavy atom. The van der Waals surface area contributed by atoms with Crippen LogP contribution in [0.15, 0.2) is 11.4 Å². The molecule has 0 saturated heterocycles. The molecule has 1 heterocycles. The number of hydrogen-bond acceptors (Lipinski definition) is 6. The summed E-state index contributed by atoms with van der Waals surface area (Å²) < 4.78 is 26.7. The normalized spacial score (nSPS) is 11.1. The number of methoxy groups -OCH3 is 1. The molecule has 1 aromatic rings. The van der Waals surface area contributed by atoms with Crippen LogP contribution in [0.2, 0.25) is 0 Å². The van der Waals surface area contributed by atoms with Crippen LogP contribution in [0.1, 0.15) is 16.1 Å². The summed E-state index contributed by atoms with van der Waals surface area (Å²) in [6.07, 6.45) is 2.14. The van der Waals surface area contributed by atoms with Crippen LogP contribution in [0, 0.1) is 6.92 Å². The molecule has 0 bridgehead atoms. The van der Waals surface area contributed by atoms with Crippen molar-refractivity contribution in [1.82, 2.24) is 9.97 Å². The standard InChI is InChI=1S/C8H10N2O4S/c1-5-6(7(11)14-2)4-9-8(10-5)15(3,12)13/h4H,1-3H3. The molecule has 0 unspecified atom stereocenters. The van der Waals surface area contributed by atoms with Gasteiger partial charge in [-0.15, -0.1) is 0 Å². The third-order valence-corrected chi connectivity index (χ3v) is 2.55. The minimum Gasteiger partial charge on any atom is -0.465 e. The molecule has 0 aliphatic carbocycles. The number of aromatic nitrogens is 2. The van der Waals surface area contributed by atoms with Crippen molar-refractivity contribution in [2.45, 2.75) is 12.1 Å². The molecule has 15 heavy (non-hydrogen) atoms. The Balaban J connectivity index is 3.27. The van der Waals surface area contributed by atoms with Gasteiger partial charge < -0.3 is 4.74 Å². The number of carbonyl (C=O) groups excluding carboxylic acids is 1. The monoisotopic (exact) mass is 230 g/mol. The molecule has 0 aliphatic heterocycles. The first kappa shape index (κ1) is 11.6. The smallest absolute Gasteiger partial charge is 0.341 e. The van der Waals surface area contributed by atoms with Crippen LogP contribution in [0.25, 0.3) is 0 Å².